The first-order valence-corrected chi connectivity index (χ1v) is 8.78. The molecule has 1 saturated carbocycles. The third-order valence-electron chi connectivity index (χ3n) is 3.06. The maximum atomic E-state index is 12.1. The molecule has 1 aromatic rings. The molecule has 1 aromatic carbocycles. The molecule has 2 N–H and O–H groups in total. The molecule has 0 spiro atoms. The second-order valence-corrected chi connectivity index (χ2v) is 7.46. The molecule has 1 fully saturated rings. The molecule has 116 valence electrons. The number of sulfonamides is 1. The molecule has 0 saturated heterocycles. The number of ether oxygens (including phenoxy) is 1. The van der Waals surface area contributed by atoms with Gasteiger partial charge in [0.15, 0.2) is 0 Å². The van der Waals surface area contributed by atoms with E-state index in [-0.39, 0.29) is 17.0 Å². The molecule has 0 radical (unpaired) electrons. The molecule has 2 rings (SSSR count). The van der Waals surface area contributed by atoms with Crippen LogP contribution in [0.4, 0.5) is 0 Å². The Balaban J connectivity index is 1.97. The van der Waals surface area contributed by atoms with Gasteiger partial charge in [-0.05, 0) is 52.9 Å². The van der Waals surface area contributed by atoms with Crippen molar-refractivity contribution in [3.05, 3.63) is 28.2 Å². The van der Waals surface area contributed by atoms with Crippen molar-refractivity contribution in [2.24, 2.45) is 5.92 Å². The smallest absolute Gasteiger partial charge is 0.335 e. The first-order valence-electron chi connectivity index (χ1n) is 6.50. The molecule has 0 unspecified atom stereocenters. The highest BCUT2D eigenvalue weighted by Crippen LogP contribution is 2.28. The zero-order valence-corrected chi connectivity index (χ0v) is 13.6. The quantitative estimate of drug-likeness (QED) is 0.674. The molecule has 0 bridgehead atoms. The molecule has 0 amide bonds. The minimum Gasteiger partial charge on any atom is -0.478 e. The Morgan fingerprint density at radius 2 is 2.14 bits per heavy atom. The van der Waals surface area contributed by atoms with E-state index in [1.165, 1.54) is 25.0 Å². The Morgan fingerprint density at radius 1 is 1.43 bits per heavy atom. The maximum absolute atomic E-state index is 12.1. The van der Waals surface area contributed by atoms with E-state index in [9.17, 15) is 13.2 Å². The lowest BCUT2D eigenvalue weighted by Crippen LogP contribution is -2.28. The zero-order chi connectivity index (χ0) is 15.5. The highest BCUT2D eigenvalue weighted by atomic mass is 79.9. The molecule has 6 nitrogen and oxygen atoms in total. The monoisotopic (exact) mass is 377 g/mol. The lowest BCUT2D eigenvalue weighted by molar-refractivity contribution is 0.0696. The van der Waals surface area contributed by atoms with Crippen LogP contribution in [0.25, 0.3) is 0 Å². The summed E-state index contributed by atoms with van der Waals surface area (Å²) in [5, 5.41) is 8.92. The van der Waals surface area contributed by atoms with Gasteiger partial charge in [0.05, 0.1) is 17.1 Å². The minimum absolute atomic E-state index is 0.0800. The van der Waals surface area contributed by atoms with Crippen LogP contribution in [0.15, 0.2) is 27.6 Å². The van der Waals surface area contributed by atoms with Crippen molar-refractivity contribution >= 4 is 31.9 Å². The van der Waals surface area contributed by atoms with Gasteiger partial charge in [-0.15, -0.1) is 0 Å². The Labute approximate surface area is 131 Å². The van der Waals surface area contributed by atoms with E-state index in [1.54, 1.807) is 0 Å². The van der Waals surface area contributed by atoms with Crippen molar-refractivity contribution in [2.75, 3.05) is 19.8 Å². The summed E-state index contributed by atoms with van der Waals surface area (Å²) < 4.78 is 32.4. The van der Waals surface area contributed by atoms with Crippen LogP contribution in [-0.2, 0) is 14.8 Å². The number of aromatic carboxylic acids is 1. The molecule has 1 aliphatic carbocycles. The van der Waals surface area contributed by atoms with Gasteiger partial charge in [-0.2, -0.15) is 0 Å². The van der Waals surface area contributed by atoms with Gasteiger partial charge in [0.2, 0.25) is 10.0 Å². The van der Waals surface area contributed by atoms with E-state index in [0.717, 1.165) is 6.07 Å². The first-order chi connectivity index (χ1) is 9.90. The predicted molar refractivity (Wildman–Crippen MR) is 79.8 cm³/mol. The van der Waals surface area contributed by atoms with E-state index >= 15 is 0 Å². The van der Waals surface area contributed by atoms with Crippen LogP contribution in [0, 0.1) is 5.92 Å². The largest absolute Gasteiger partial charge is 0.478 e. The summed E-state index contributed by atoms with van der Waals surface area (Å²) in [7, 11) is -3.77. The van der Waals surface area contributed by atoms with Crippen LogP contribution in [0.2, 0.25) is 0 Å². The normalized spacial score (nSPS) is 15.1. The fourth-order valence-corrected chi connectivity index (χ4v) is 3.70. The van der Waals surface area contributed by atoms with Gasteiger partial charge in [-0.3, -0.25) is 0 Å². The number of benzene rings is 1. The van der Waals surface area contributed by atoms with Crippen LogP contribution in [0.5, 0.6) is 0 Å². The standard InChI is InChI=1S/C13H16BrNO5S/c14-11-4-3-10(13(16)17)7-12(11)21(18,19)15-5-6-20-8-9-1-2-9/h3-4,7,9,15H,1-2,5-6,8H2,(H,16,17). The van der Waals surface area contributed by atoms with Crippen LogP contribution < -0.4 is 4.72 Å². The molecule has 0 atom stereocenters. The lowest BCUT2D eigenvalue weighted by atomic mass is 10.2. The van der Waals surface area contributed by atoms with Crippen molar-refractivity contribution in [3.63, 3.8) is 0 Å². The molecule has 21 heavy (non-hydrogen) atoms. The van der Waals surface area contributed by atoms with E-state index in [1.807, 2.05) is 0 Å². The molecule has 0 heterocycles. The van der Waals surface area contributed by atoms with E-state index < -0.39 is 16.0 Å². The van der Waals surface area contributed by atoms with Crippen LogP contribution >= 0.6 is 15.9 Å². The van der Waals surface area contributed by atoms with E-state index in [4.69, 9.17) is 9.84 Å². The molecular weight excluding hydrogens is 362 g/mol. The Kier molecular flexibility index (Phi) is 5.37. The number of halogens is 1. The van der Waals surface area contributed by atoms with Gasteiger partial charge < -0.3 is 9.84 Å². The third-order valence-corrected chi connectivity index (χ3v) is 5.51. The van der Waals surface area contributed by atoms with Gasteiger partial charge in [-0.25, -0.2) is 17.9 Å². The molecule has 0 aliphatic heterocycles. The number of hydrogen-bond acceptors (Lipinski definition) is 4. The SMILES string of the molecule is O=C(O)c1ccc(Br)c(S(=O)(=O)NCCOCC2CC2)c1. The van der Waals surface area contributed by atoms with Crippen LogP contribution in [-0.4, -0.2) is 39.3 Å². The van der Waals surface area contributed by atoms with Crippen LogP contribution in [0.3, 0.4) is 0 Å². The second kappa shape index (κ2) is 6.87. The first kappa shape index (κ1) is 16.4. The number of carboxylic acids is 1. The highest BCUT2D eigenvalue weighted by Gasteiger charge is 2.22. The average molecular weight is 378 g/mol. The summed E-state index contributed by atoms with van der Waals surface area (Å²) in [5.41, 5.74) is -0.0800. The Morgan fingerprint density at radius 3 is 2.76 bits per heavy atom. The number of carboxylic acid groups (broad SMARTS) is 1. The summed E-state index contributed by atoms with van der Waals surface area (Å²) in [4.78, 5) is 10.8. The Bertz CT molecular complexity index is 627. The predicted octanol–water partition coefficient (Wildman–Crippen LogP) is 1.85. The number of carbonyl (C=O) groups is 1. The summed E-state index contributed by atoms with van der Waals surface area (Å²) in [6.07, 6.45) is 2.36. The fourth-order valence-electron chi connectivity index (χ4n) is 1.70. The third kappa shape index (κ3) is 4.77. The topological polar surface area (TPSA) is 92.7 Å². The van der Waals surface area contributed by atoms with Gasteiger partial charge in [-0.1, -0.05) is 0 Å². The molecule has 1 aliphatic rings. The highest BCUT2D eigenvalue weighted by molar-refractivity contribution is 9.10. The van der Waals surface area contributed by atoms with E-state index in [0.29, 0.717) is 23.6 Å². The van der Waals surface area contributed by atoms with Crippen molar-refractivity contribution in [2.45, 2.75) is 17.7 Å². The van der Waals surface area contributed by atoms with Gasteiger partial charge in [0.25, 0.3) is 0 Å². The average Bonchev–Trinajstić information content (AvgIpc) is 3.22. The maximum Gasteiger partial charge on any atom is 0.335 e. The zero-order valence-electron chi connectivity index (χ0n) is 11.2. The van der Waals surface area contributed by atoms with E-state index in [2.05, 4.69) is 20.7 Å². The minimum atomic E-state index is -3.77. The number of nitrogens with one attached hydrogen (secondary N) is 1. The summed E-state index contributed by atoms with van der Waals surface area (Å²) in [6, 6.07) is 3.87. The van der Waals surface area contributed by atoms with Crippen LogP contribution in [0.1, 0.15) is 23.2 Å². The second-order valence-electron chi connectivity index (χ2n) is 4.87. The summed E-state index contributed by atoms with van der Waals surface area (Å²) in [5.74, 6) is -0.547. The molecule has 0 aromatic heterocycles. The van der Waals surface area contributed by atoms with Crippen molar-refractivity contribution in [1.82, 2.24) is 4.72 Å². The lowest BCUT2D eigenvalue weighted by Gasteiger charge is -2.09. The Hall–Kier alpha value is -0.960. The van der Waals surface area contributed by atoms with Gasteiger partial charge in [0.1, 0.15) is 0 Å². The fraction of sp³-hybridized carbons (Fsp3) is 0.462. The van der Waals surface area contributed by atoms with Gasteiger partial charge >= 0.3 is 5.97 Å². The van der Waals surface area contributed by atoms with Crippen molar-refractivity contribution in [3.8, 4) is 0 Å². The number of rotatable bonds is 8. The van der Waals surface area contributed by atoms with Crippen molar-refractivity contribution in [1.29, 1.82) is 0 Å². The summed E-state index contributed by atoms with van der Waals surface area (Å²) in [6.45, 7) is 1.12. The summed E-state index contributed by atoms with van der Waals surface area (Å²) >= 11 is 3.12. The molecule has 8 heteroatoms. The van der Waals surface area contributed by atoms with Gasteiger partial charge in [0, 0.05) is 17.6 Å². The van der Waals surface area contributed by atoms with Crippen molar-refractivity contribution < 1.29 is 23.1 Å². The number of hydrogen-bond donors (Lipinski definition) is 2. The molecular formula is C13H16BrNO5S.